The zero-order valence-corrected chi connectivity index (χ0v) is 10.8. The molecule has 0 radical (unpaired) electrons. The van der Waals surface area contributed by atoms with Crippen molar-refractivity contribution >= 4 is 5.97 Å². The molecule has 0 amide bonds. The molecule has 0 saturated carbocycles. The molecule has 2 bridgehead atoms. The Hall–Kier alpha value is -1.49. The average Bonchev–Trinajstić information content (AvgIpc) is 2.45. The number of piperazine rings is 3. The number of esters is 1. The fraction of sp³-hybridized carbons (Fsp3) is 0.667. The highest BCUT2D eigenvalue weighted by atomic mass is 16.6. The van der Waals surface area contributed by atoms with E-state index >= 15 is 0 Å². The molecule has 3 fully saturated rings. The molecule has 0 atom stereocenters. The molecule has 0 N–H and O–H groups in total. The van der Waals surface area contributed by atoms with Gasteiger partial charge in [-0.25, -0.2) is 4.79 Å². The first-order valence-corrected chi connectivity index (χ1v) is 6.00. The van der Waals surface area contributed by atoms with Crippen LogP contribution in [-0.2, 0) is 14.3 Å². The fourth-order valence-corrected chi connectivity index (χ4v) is 2.61. The van der Waals surface area contributed by atoms with Crippen molar-refractivity contribution in [1.82, 2.24) is 4.90 Å². The van der Waals surface area contributed by atoms with Crippen LogP contribution in [0.3, 0.4) is 0 Å². The molecule has 3 rings (SSSR count). The molecule has 3 saturated heterocycles. The van der Waals surface area contributed by atoms with E-state index in [9.17, 15) is 9.90 Å². The summed E-state index contributed by atoms with van der Waals surface area (Å²) in [6.07, 6.45) is 0. The van der Waals surface area contributed by atoms with Crippen LogP contribution >= 0.6 is 0 Å². The van der Waals surface area contributed by atoms with Crippen LogP contribution < -0.4 is 5.11 Å². The van der Waals surface area contributed by atoms with Crippen molar-refractivity contribution in [2.45, 2.75) is 0 Å². The number of quaternary nitrogens is 1. The van der Waals surface area contributed by atoms with Crippen molar-refractivity contribution in [2.24, 2.45) is 0 Å². The number of methoxy groups -OCH3 is 2. The zero-order valence-electron chi connectivity index (χ0n) is 10.8. The number of ether oxygens (including phenoxy) is 2. The highest BCUT2D eigenvalue weighted by molar-refractivity contribution is 5.85. The number of carbonyl (C=O) groups is 1. The minimum atomic E-state index is -0.629. The molecule has 0 unspecified atom stereocenters. The quantitative estimate of drug-likeness (QED) is 0.205. The van der Waals surface area contributed by atoms with Crippen LogP contribution in [0, 0.1) is 0 Å². The Bertz CT molecular complexity index is 391. The van der Waals surface area contributed by atoms with Crippen molar-refractivity contribution in [2.75, 3.05) is 53.5 Å². The molecule has 3 heterocycles. The van der Waals surface area contributed by atoms with Crippen LogP contribution in [0.4, 0.5) is 0 Å². The Labute approximate surface area is 106 Å². The lowest BCUT2D eigenvalue weighted by Gasteiger charge is -2.49. The van der Waals surface area contributed by atoms with E-state index in [-0.39, 0.29) is 0 Å². The third-order valence-electron chi connectivity index (χ3n) is 3.79. The van der Waals surface area contributed by atoms with Crippen LogP contribution in [0.2, 0.25) is 0 Å². The van der Waals surface area contributed by atoms with E-state index < -0.39 is 11.9 Å². The Morgan fingerprint density at radius 2 is 1.72 bits per heavy atom. The topological polar surface area (TPSA) is 61.8 Å². The minimum Gasteiger partial charge on any atom is -0.611 e. The molecule has 0 aromatic rings. The minimum absolute atomic E-state index is 0.295. The van der Waals surface area contributed by atoms with Gasteiger partial charge in [-0.2, -0.15) is 0 Å². The molecule has 18 heavy (non-hydrogen) atoms. The Morgan fingerprint density at radius 1 is 1.17 bits per heavy atom. The lowest BCUT2D eigenvalue weighted by Crippen LogP contribution is -2.67. The second-order valence-corrected chi connectivity index (χ2v) is 4.61. The van der Waals surface area contributed by atoms with E-state index in [1.807, 2.05) is 0 Å². The normalized spacial score (nSPS) is 29.3. The predicted molar refractivity (Wildman–Crippen MR) is 60.9 cm³/mol. The molecule has 3 aliphatic rings. The molecule has 100 valence electrons. The molecule has 6 heteroatoms. The van der Waals surface area contributed by atoms with E-state index in [1.54, 1.807) is 0 Å². The van der Waals surface area contributed by atoms with E-state index in [2.05, 4.69) is 15.4 Å². The summed E-state index contributed by atoms with van der Waals surface area (Å²) in [5.74, 6) is -1.12. The molecule has 0 aromatic carbocycles. The van der Waals surface area contributed by atoms with Gasteiger partial charge in [0, 0.05) is 19.6 Å². The largest absolute Gasteiger partial charge is 0.611 e. The first-order valence-electron chi connectivity index (χ1n) is 6.00. The van der Waals surface area contributed by atoms with E-state index in [1.165, 1.54) is 14.2 Å². The molecule has 0 aromatic heterocycles. The van der Waals surface area contributed by atoms with Crippen molar-refractivity contribution in [3.8, 4) is 0 Å². The molecular formula is C12H18N2O4. The summed E-state index contributed by atoms with van der Waals surface area (Å²) in [5, 5.41) is 11.4. The van der Waals surface area contributed by atoms with E-state index in [4.69, 9.17) is 4.74 Å². The summed E-state index contributed by atoms with van der Waals surface area (Å²) in [4.78, 5) is 14.2. The van der Waals surface area contributed by atoms with Gasteiger partial charge in [-0.05, 0) is 12.8 Å². The summed E-state index contributed by atoms with van der Waals surface area (Å²) in [6, 6.07) is 0. The highest BCUT2D eigenvalue weighted by Crippen LogP contribution is 2.26. The standard InChI is InChI=1S/C12H18N2O4/c1-17-11(15)9-10(12(16)18-2)14-6-3-13(4-7-14)5-8-14/h3-8H2,1-2H3. The van der Waals surface area contributed by atoms with Crippen molar-refractivity contribution in [3.63, 3.8) is 0 Å². The third kappa shape index (κ3) is 2.22. The summed E-state index contributed by atoms with van der Waals surface area (Å²) < 4.78 is 9.83. The smallest absolute Gasteiger partial charge is 0.401 e. The van der Waals surface area contributed by atoms with Crippen LogP contribution in [0.1, 0.15) is 0 Å². The molecule has 3 aliphatic heterocycles. The highest BCUT2D eigenvalue weighted by Gasteiger charge is 2.45. The van der Waals surface area contributed by atoms with Gasteiger partial charge in [0.05, 0.1) is 26.7 Å². The van der Waals surface area contributed by atoms with Crippen LogP contribution in [-0.4, -0.2) is 68.8 Å². The summed E-state index contributed by atoms with van der Waals surface area (Å²) in [6.45, 7) is 5.24. The number of carbonyl (C=O) groups excluding carboxylic acids is 1. The second kappa shape index (κ2) is 5.02. The Balaban J connectivity index is 2.40. The number of rotatable bonds is 3. The Kier molecular flexibility index (Phi) is 3.61. The number of fused-ring (bicyclic) bond motifs is 3. The molecular weight excluding hydrogens is 236 g/mol. The van der Waals surface area contributed by atoms with Crippen molar-refractivity contribution in [3.05, 3.63) is 17.4 Å². The fourth-order valence-electron chi connectivity index (χ4n) is 2.61. The lowest BCUT2D eigenvalue weighted by molar-refractivity contribution is -0.902. The van der Waals surface area contributed by atoms with Gasteiger partial charge < -0.3 is 14.6 Å². The van der Waals surface area contributed by atoms with Gasteiger partial charge in [0.2, 0.25) is 0 Å². The van der Waals surface area contributed by atoms with Gasteiger partial charge in [0.25, 0.3) is 5.70 Å². The molecule has 0 spiro atoms. The number of nitrogens with zero attached hydrogens (tertiary/aromatic N) is 2. The van der Waals surface area contributed by atoms with Gasteiger partial charge in [0.15, 0.2) is 0 Å². The zero-order chi connectivity index (χ0) is 13.2. The first kappa shape index (κ1) is 13.0. The number of hydrogen-bond acceptors (Lipinski definition) is 5. The van der Waals surface area contributed by atoms with Crippen molar-refractivity contribution in [1.29, 1.82) is 0 Å². The summed E-state index contributed by atoms with van der Waals surface area (Å²) in [5.41, 5.74) is 2.83. The van der Waals surface area contributed by atoms with Crippen molar-refractivity contribution < 1.29 is 23.9 Å². The summed E-state index contributed by atoms with van der Waals surface area (Å²) in [7, 11) is 2.60. The van der Waals surface area contributed by atoms with Gasteiger partial charge >= 0.3 is 5.97 Å². The van der Waals surface area contributed by atoms with Gasteiger partial charge in [-0.1, -0.05) is 0 Å². The SMILES string of the molecule is COC(=O)C(=C=C([O-])OC)[N+]12CCN(CC1)CC2. The molecule has 6 nitrogen and oxygen atoms in total. The third-order valence-corrected chi connectivity index (χ3v) is 3.79. The van der Waals surface area contributed by atoms with Gasteiger partial charge in [0.1, 0.15) is 5.95 Å². The maximum atomic E-state index is 11.9. The second-order valence-electron chi connectivity index (χ2n) is 4.61. The number of hydrogen-bond donors (Lipinski definition) is 0. The maximum absolute atomic E-state index is 11.9. The van der Waals surface area contributed by atoms with Gasteiger partial charge in [-0.3, -0.25) is 9.38 Å². The predicted octanol–water partition coefficient (Wildman–Crippen LogP) is -1.36. The maximum Gasteiger partial charge on any atom is 0.401 e. The van der Waals surface area contributed by atoms with Crippen LogP contribution in [0.15, 0.2) is 17.4 Å². The molecule has 0 aliphatic carbocycles. The van der Waals surface area contributed by atoms with Gasteiger partial charge in [-0.15, -0.1) is 0 Å². The van der Waals surface area contributed by atoms with E-state index in [0.29, 0.717) is 10.2 Å². The average molecular weight is 254 g/mol. The summed E-state index contributed by atoms with van der Waals surface area (Å²) >= 11 is 0. The monoisotopic (exact) mass is 254 g/mol. The van der Waals surface area contributed by atoms with Crippen LogP contribution in [0.5, 0.6) is 0 Å². The van der Waals surface area contributed by atoms with Crippen LogP contribution in [0.25, 0.3) is 0 Å². The lowest BCUT2D eigenvalue weighted by atomic mass is 10.1. The van der Waals surface area contributed by atoms with E-state index in [0.717, 1.165) is 39.3 Å². The Morgan fingerprint density at radius 3 is 2.17 bits per heavy atom. The first-order chi connectivity index (χ1) is 8.61.